The normalized spacial score (nSPS) is 20.5. The first-order chi connectivity index (χ1) is 23.2. The van der Waals surface area contributed by atoms with Crippen LogP contribution in [-0.2, 0) is 33.3 Å². The number of carbonyl (C=O) groups is 5. The van der Waals surface area contributed by atoms with Gasteiger partial charge in [0.1, 0.15) is 0 Å². The van der Waals surface area contributed by atoms with E-state index in [4.69, 9.17) is 23.9 Å². The van der Waals surface area contributed by atoms with E-state index in [2.05, 4.69) is 5.32 Å². The molecule has 3 aromatic carbocycles. The number of rotatable bonds is 11. The number of aromatic carboxylic acids is 1. The van der Waals surface area contributed by atoms with E-state index in [0.29, 0.717) is 9.45 Å². The first-order valence-electron chi connectivity index (χ1n) is 15.4. The van der Waals surface area contributed by atoms with Gasteiger partial charge in [-0.05, 0) is 0 Å². The summed E-state index contributed by atoms with van der Waals surface area (Å²) in [5.41, 5.74) is 3.10. The van der Waals surface area contributed by atoms with E-state index in [1.54, 1.807) is 0 Å². The van der Waals surface area contributed by atoms with Crippen LogP contribution in [0.5, 0.6) is 0 Å². The van der Waals surface area contributed by atoms with E-state index in [-0.39, 0.29) is 17.7 Å². The van der Waals surface area contributed by atoms with Crippen molar-refractivity contribution in [2.45, 2.75) is 72.0 Å². The van der Waals surface area contributed by atoms with Crippen LogP contribution < -0.4 is 8.93 Å². The molecule has 1 aliphatic rings. The van der Waals surface area contributed by atoms with Crippen LogP contribution in [-0.4, -0.2) is 96.6 Å². The van der Waals surface area contributed by atoms with Gasteiger partial charge in [-0.1, -0.05) is 0 Å². The Balaban J connectivity index is 1.96. The number of ether oxygens (including phenoxy) is 4. The topological polar surface area (TPSA) is 167 Å². The first-order valence-corrected chi connectivity index (χ1v) is 17.7. The number of benzene rings is 3. The third-order valence-electron chi connectivity index (χ3n) is 7.59. The molecule has 1 aliphatic heterocycles. The molecule has 13 heteroatoms. The molecule has 12 nitrogen and oxygen atoms in total. The number of esters is 3. The zero-order chi connectivity index (χ0) is 35.8. The van der Waals surface area contributed by atoms with Gasteiger partial charge in [0.15, 0.2) is 0 Å². The number of amides is 1. The maximum absolute atomic E-state index is 13.9. The molecule has 49 heavy (non-hydrogen) atoms. The summed E-state index contributed by atoms with van der Waals surface area (Å²) < 4.78 is 24.9. The summed E-state index contributed by atoms with van der Waals surface area (Å²) in [5.74, 6) is -4.22. The molecule has 0 unspecified atom stereocenters. The average molecular weight is 786 g/mol. The summed E-state index contributed by atoms with van der Waals surface area (Å²) in [7, 11) is 0. The number of nitrogens with one attached hydrogen (secondary N) is 1. The third-order valence-corrected chi connectivity index (χ3v) is 10.6. The number of para-hydroxylation sites is 1. The molecule has 5 atom stereocenters. The Morgan fingerprint density at radius 3 is 1.96 bits per heavy atom. The molecule has 258 valence electrons. The summed E-state index contributed by atoms with van der Waals surface area (Å²) in [6, 6.07) is 18.1. The van der Waals surface area contributed by atoms with Crippen molar-refractivity contribution in [1.29, 1.82) is 0 Å². The van der Waals surface area contributed by atoms with E-state index >= 15 is 0 Å². The number of carboxylic acid groups (broad SMARTS) is 1. The van der Waals surface area contributed by atoms with Crippen molar-refractivity contribution >= 4 is 63.8 Å². The van der Waals surface area contributed by atoms with Crippen LogP contribution in [0.2, 0.25) is 0 Å². The maximum atomic E-state index is 13.9. The van der Waals surface area contributed by atoms with Crippen molar-refractivity contribution in [3.05, 3.63) is 94.5 Å². The predicted molar refractivity (Wildman–Crippen MR) is 181 cm³/mol. The van der Waals surface area contributed by atoms with Crippen LogP contribution in [0, 0.1) is 20.8 Å². The molecule has 0 aliphatic carbocycles. The van der Waals surface area contributed by atoms with Crippen molar-refractivity contribution in [2.24, 2.45) is 4.99 Å². The SMILES string of the molecule is CC(=O)OC[C@H]1O[C@@H](C(=Nc2c(C)cccc2C)[Te]c2ccc(C)cc2)[C@H](NC(=O)c2ccccc2C(=O)O)[C@@H](OC(C)=O)[C@@H]1OC(C)=O. The van der Waals surface area contributed by atoms with Gasteiger partial charge in [0.25, 0.3) is 0 Å². The van der Waals surface area contributed by atoms with Crippen LogP contribution in [0.15, 0.2) is 71.7 Å². The van der Waals surface area contributed by atoms with Gasteiger partial charge in [-0.25, -0.2) is 0 Å². The summed E-state index contributed by atoms with van der Waals surface area (Å²) in [6.07, 6.45) is -4.95. The standard InChI is InChI=1S/C36H38N2O10Te/c1-19-14-16-25(17-15-19)49-35(38-29-20(2)10-9-11-21(29)3)33-30(37-34(42)26-12-7-8-13-27(26)36(43)44)32(47-24(6)41)31(46-23(5)40)28(48-33)18-45-22(4)39/h7-17,28,30-33H,18H2,1-6H3,(H,37,42)(H,43,44)/t28-,30-,31-,32-,33-/m1/s1. The third kappa shape index (κ3) is 9.75. The Labute approximate surface area is 294 Å². The van der Waals surface area contributed by atoms with Crippen molar-refractivity contribution in [1.82, 2.24) is 5.32 Å². The Morgan fingerprint density at radius 2 is 1.39 bits per heavy atom. The van der Waals surface area contributed by atoms with E-state index in [1.807, 2.05) is 63.2 Å². The molecule has 0 saturated carbocycles. The van der Waals surface area contributed by atoms with E-state index < -0.39 is 81.2 Å². The van der Waals surface area contributed by atoms with Gasteiger partial charge in [-0.2, -0.15) is 0 Å². The van der Waals surface area contributed by atoms with Gasteiger partial charge in [-0.15, -0.1) is 0 Å². The summed E-state index contributed by atoms with van der Waals surface area (Å²) in [6.45, 7) is 8.98. The second-order valence-corrected chi connectivity index (χ2v) is 14.6. The van der Waals surface area contributed by atoms with Gasteiger partial charge in [0, 0.05) is 0 Å². The first kappa shape index (κ1) is 37.3. The number of carboxylic acids is 1. The van der Waals surface area contributed by atoms with Gasteiger partial charge in [0.05, 0.1) is 0 Å². The molecule has 2 N–H and O–H groups in total. The number of aliphatic imine (C=N–C) groups is 1. The van der Waals surface area contributed by atoms with E-state index in [1.165, 1.54) is 38.1 Å². The van der Waals surface area contributed by atoms with Crippen LogP contribution >= 0.6 is 0 Å². The fourth-order valence-corrected chi connectivity index (χ4v) is 8.13. The van der Waals surface area contributed by atoms with Crippen molar-refractivity contribution in [3.63, 3.8) is 0 Å². The Kier molecular flexibility index (Phi) is 12.7. The molecule has 0 bridgehead atoms. The monoisotopic (exact) mass is 788 g/mol. The quantitative estimate of drug-likeness (QED) is 0.127. The molecule has 1 amide bonds. The van der Waals surface area contributed by atoms with Gasteiger partial charge in [-0.3, -0.25) is 0 Å². The second kappa shape index (κ2) is 16.7. The average Bonchev–Trinajstić information content (AvgIpc) is 3.03. The number of hydrogen-bond donors (Lipinski definition) is 2. The predicted octanol–water partition coefficient (Wildman–Crippen LogP) is 3.36. The molecule has 0 radical (unpaired) electrons. The summed E-state index contributed by atoms with van der Waals surface area (Å²) in [4.78, 5) is 68.1. The zero-order valence-corrected chi connectivity index (χ0v) is 30.3. The van der Waals surface area contributed by atoms with Crippen LogP contribution in [0.1, 0.15) is 58.2 Å². The van der Waals surface area contributed by atoms with Gasteiger partial charge >= 0.3 is 295 Å². The molecule has 1 saturated heterocycles. The number of carbonyl (C=O) groups excluding carboxylic acids is 4. The fraction of sp³-hybridized carbons (Fsp3) is 0.333. The van der Waals surface area contributed by atoms with Crippen LogP contribution in [0.3, 0.4) is 0 Å². The van der Waals surface area contributed by atoms with Gasteiger partial charge < -0.3 is 0 Å². The molecule has 0 aromatic heterocycles. The number of hydrogen-bond acceptors (Lipinski definition) is 10. The molecule has 3 aromatic rings. The fourth-order valence-electron chi connectivity index (χ4n) is 5.37. The zero-order valence-electron chi connectivity index (χ0n) is 27.9. The summed E-state index contributed by atoms with van der Waals surface area (Å²) in [5, 5.41) is 12.7. The Hall–Kier alpha value is -4.57. The molecule has 0 spiro atoms. The summed E-state index contributed by atoms with van der Waals surface area (Å²) >= 11 is -1.39. The van der Waals surface area contributed by atoms with Crippen LogP contribution in [0.25, 0.3) is 0 Å². The number of aryl methyl sites for hydroxylation is 3. The van der Waals surface area contributed by atoms with Crippen molar-refractivity contribution in [3.8, 4) is 0 Å². The van der Waals surface area contributed by atoms with Crippen molar-refractivity contribution < 1.29 is 48.0 Å². The minimum absolute atomic E-state index is 0.148. The van der Waals surface area contributed by atoms with Crippen LogP contribution in [0.4, 0.5) is 5.69 Å². The molecule has 1 heterocycles. The Morgan fingerprint density at radius 1 is 0.796 bits per heavy atom. The van der Waals surface area contributed by atoms with E-state index in [0.717, 1.165) is 27.2 Å². The van der Waals surface area contributed by atoms with E-state index in [9.17, 15) is 29.1 Å². The number of nitrogens with zero attached hydrogens (tertiary/aromatic N) is 1. The van der Waals surface area contributed by atoms with Crippen molar-refractivity contribution in [2.75, 3.05) is 6.61 Å². The molecule has 4 rings (SSSR count). The molecule has 1 fully saturated rings. The minimum atomic E-state index is -1.39. The second-order valence-electron chi connectivity index (χ2n) is 11.5. The molecular weight excluding hydrogens is 748 g/mol. The Bertz CT molecular complexity index is 1740. The van der Waals surface area contributed by atoms with Gasteiger partial charge in [0.2, 0.25) is 0 Å². The molecular formula is C36H38N2O10Te.